The first-order valence-electron chi connectivity index (χ1n) is 4.74. The standard InChI is InChI=1S/C8H19O2PS2.La/c1-3-5-7-9-11(12,13)10-8-6-4-2;/h3-8H2,1-2H3,(H,12,13);. The molecular formula is C8H19LaO2PS2. The molecule has 0 amide bonds. The topological polar surface area (TPSA) is 18.5 Å². The van der Waals surface area contributed by atoms with Gasteiger partial charge >= 0.3 is 0 Å². The van der Waals surface area contributed by atoms with Crippen molar-refractivity contribution in [2.24, 2.45) is 0 Å². The van der Waals surface area contributed by atoms with Gasteiger partial charge in [0.05, 0.1) is 13.2 Å². The molecule has 2 nitrogen and oxygen atoms in total. The largest absolute Gasteiger partial charge is 0.322 e. The molecule has 0 spiro atoms. The number of thiol groups is 1. The normalized spacial score (nSPS) is 11.1. The van der Waals surface area contributed by atoms with Crippen molar-refractivity contribution in [2.75, 3.05) is 13.2 Å². The zero-order valence-corrected chi connectivity index (χ0v) is 15.2. The summed E-state index contributed by atoms with van der Waals surface area (Å²) < 4.78 is 10.8. The Labute approximate surface area is 126 Å². The van der Waals surface area contributed by atoms with Crippen molar-refractivity contribution in [1.82, 2.24) is 0 Å². The zero-order valence-electron chi connectivity index (χ0n) is 8.94. The minimum absolute atomic E-state index is 0. The quantitative estimate of drug-likeness (QED) is 0.392. The molecule has 0 saturated heterocycles. The van der Waals surface area contributed by atoms with Crippen molar-refractivity contribution in [3.05, 3.63) is 0 Å². The average Bonchev–Trinajstić information content (AvgIpc) is 2.05. The fourth-order valence-electron chi connectivity index (χ4n) is 0.686. The van der Waals surface area contributed by atoms with Gasteiger partial charge in [-0.15, -0.1) is 0 Å². The second kappa shape index (κ2) is 11.6. The van der Waals surface area contributed by atoms with Crippen LogP contribution < -0.4 is 0 Å². The van der Waals surface area contributed by atoms with Gasteiger partial charge in [-0.3, -0.25) is 0 Å². The Morgan fingerprint density at radius 2 is 1.43 bits per heavy atom. The third-order valence-corrected chi connectivity index (χ3v) is 3.85. The van der Waals surface area contributed by atoms with Crippen molar-refractivity contribution >= 4 is 29.7 Å². The third-order valence-electron chi connectivity index (χ3n) is 1.50. The second-order valence-electron chi connectivity index (χ2n) is 2.84. The molecule has 0 heterocycles. The van der Waals surface area contributed by atoms with Crippen LogP contribution in [0.1, 0.15) is 39.5 Å². The van der Waals surface area contributed by atoms with Crippen LogP contribution >= 0.6 is 17.9 Å². The second-order valence-corrected chi connectivity index (χ2v) is 8.13. The van der Waals surface area contributed by atoms with Gasteiger partial charge in [0.15, 0.2) is 0 Å². The molecule has 0 aliphatic carbocycles. The maximum absolute atomic E-state index is 5.38. The number of rotatable bonds is 8. The van der Waals surface area contributed by atoms with Gasteiger partial charge in [-0.25, -0.2) is 0 Å². The van der Waals surface area contributed by atoms with Crippen LogP contribution in [-0.2, 0) is 20.9 Å². The van der Waals surface area contributed by atoms with Crippen molar-refractivity contribution in [1.29, 1.82) is 0 Å². The van der Waals surface area contributed by atoms with E-state index in [4.69, 9.17) is 20.9 Å². The molecule has 0 fully saturated rings. The average molecular weight is 381 g/mol. The van der Waals surface area contributed by atoms with Crippen LogP contribution in [-0.4, -0.2) is 13.2 Å². The SMILES string of the molecule is CCCCOP(=S)(S)OCCCC.[La]. The molecule has 0 bridgehead atoms. The Kier molecular flexibility index (Phi) is 15.3. The summed E-state index contributed by atoms with van der Waals surface area (Å²) in [4.78, 5) is 0. The first kappa shape index (κ1) is 18.5. The van der Waals surface area contributed by atoms with E-state index < -0.39 is 5.69 Å². The van der Waals surface area contributed by atoms with Gasteiger partial charge in [0.2, 0.25) is 5.69 Å². The van der Waals surface area contributed by atoms with E-state index in [2.05, 4.69) is 26.1 Å². The fourth-order valence-corrected chi connectivity index (χ4v) is 2.42. The van der Waals surface area contributed by atoms with Crippen molar-refractivity contribution in [2.45, 2.75) is 39.5 Å². The molecular weight excluding hydrogens is 362 g/mol. The Hall–Kier alpha value is 2.11. The fraction of sp³-hybridized carbons (Fsp3) is 1.00. The molecule has 0 aliphatic heterocycles. The minimum Gasteiger partial charge on any atom is -0.322 e. The summed E-state index contributed by atoms with van der Waals surface area (Å²) in [5.41, 5.74) is -2.22. The van der Waals surface area contributed by atoms with Gasteiger partial charge in [-0.1, -0.05) is 38.9 Å². The van der Waals surface area contributed by atoms with Crippen molar-refractivity contribution in [3.8, 4) is 0 Å². The molecule has 6 heteroatoms. The molecule has 0 unspecified atom stereocenters. The van der Waals surface area contributed by atoms with E-state index in [-0.39, 0.29) is 35.6 Å². The Morgan fingerprint density at radius 3 is 1.71 bits per heavy atom. The number of hydrogen-bond acceptors (Lipinski definition) is 3. The Bertz CT molecular complexity index is 155. The van der Waals surface area contributed by atoms with E-state index in [0.717, 1.165) is 25.7 Å². The molecule has 0 aliphatic rings. The van der Waals surface area contributed by atoms with Gasteiger partial charge in [0.25, 0.3) is 0 Å². The van der Waals surface area contributed by atoms with E-state index in [0.29, 0.717) is 13.2 Å². The Balaban J connectivity index is 0. The minimum atomic E-state index is -2.22. The smallest absolute Gasteiger partial charge is 0.244 e. The van der Waals surface area contributed by atoms with Crippen LogP contribution in [0.2, 0.25) is 0 Å². The summed E-state index contributed by atoms with van der Waals surface area (Å²) in [7, 11) is 0. The first-order chi connectivity index (χ1) is 6.12. The van der Waals surface area contributed by atoms with Crippen LogP contribution in [0.5, 0.6) is 0 Å². The van der Waals surface area contributed by atoms with Crippen LogP contribution in [0.4, 0.5) is 0 Å². The summed E-state index contributed by atoms with van der Waals surface area (Å²) >= 11 is 9.31. The molecule has 1 radical (unpaired) electrons. The van der Waals surface area contributed by atoms with Gasteiger partial charge in [0, 0.05) is 35.6 Å². The van der Waals surface area contributed by atoms with E-state index in [9.17, 15) is 0 Å². The molecule has 0 saturated carbocycles. The first-order valence-corrected chi connectivity index (χ1v) is 8.53. The summed E-state index contributed by atoms with van der Waals surface area (Å²) in [5, 5.41) is 0. The summed E-state index contributed by atoms with van der Waals surface area (Å²) in [5.74, 6) is 0. The number of unbranched alkanes of at least 4 members (excludes halogenated alkanes) is 2. The van der Waals surface area contributed by atoms with Crippen LogP contribution in [0, 0.1) is 35.6 Å². The summed E-state index contributed by atoms with van der Waals surface area (Å²) in [6.45, 7) is 5.57. The van der Waals surface area contributed by atoms with Gasteiger partial charge in [0.1, 0.15) is 0 Å². The zero-order chi connectivity index (χ0) is 10.2. The summed E-state index contributed by atoms with van der Waals surface area (Å²) in [6.07, 6.45) is 4.27. The van der Waals surface area contributed by atoms with E-state index in [1.807, 2.05) is 0 Å². The van der Waals surface area contributed by atoms with E-state index in [1.54, 1.807) is 0 Å². The maximum Gasteiger partial charge on any atom is 0.244 e. The molecule has 0 atom stereocenters. The van der Waals surface area contributed by atoms with Gasteiger partial charge in [-0.2, -0.15) is 0 Å². The van der Waals surface area contributed by atoms with Crippen molar-refractivity contribution < 1.29 is 44.6 Å². The van der Waals surface area contributed by atoms with Crippen LogP contribution in [0.3, 0.4) is 0 Å². The molecule has 83 valence electrons. The van der Waals surface area contributed by atoms with E-state index >= 15 is 0 Å². The van der Waals surface area contributed by atoms with Crippen LogP contribution in [0.25, 0.3) is 0 Å². The predicted octanol–water partition coefficient (Wildman–Crippen LogP) is 3.77. The molecule has 0 aromatic carbocycles. The van der Waals surface area contributed by atoms with Crippen molar-refractivity contribution in [3.63, 3.8) is 0 Å². The molecule has 14 heavy (non-hydrogen) atoms. The molecule has 0 N–H and O–H groups in total. The maximum atomic E-state index is 5.38. The van der Waals surface area contributed by atoms with E-state index in [1.165, 1.54) is 0 Å². The number of hydrogen-bond donors (Lipinski definition) is 1. The van der Waals surface area contributed by atoms with Gasteiger partial charge in [-0.05, 0) is 24.6 Å². The van der Waals surface area contributed by atoms with Crippen LogP contribution in [0.15, 0.2) is 0 Å². The molecule has 0 rings (SSSR count). The predicted molar refractivity (Wildman–Crippen MR) is 65.0 cm³/mol. The summed E-state index contributed by atoms with van der Waals surface area (Å²) in [6, 6.07) is 0. The monoisotopic (exact) mass is 381 g/mol. The Morgan fingerprint density at radius 1 is 1.07 bits per heavy atom. The van der Waals surface area contributed by atoms with Gasteiger partial charge < -0.3 is 9.05 Å². The molecule has 0 aromatic rings. The molecule has 0 aromatic heterocycles. The third kappa shape index (κ3) is 12.2.